The maximum atomic E-state index is 11.9. The number of hydrogen-bond acceptors (Lipinski definition) is 8. The highest BCUT2D eigenvalue weighted by Gasteiger charge is 2.39. The highest BCUT2D eigenvalue weighted by atomic mass is 16.5. The normalized spacial score (nSPS) is 23.4. The molecule has 0 radical (unpaired) electrons. The average Bonchev–Trinajstić information content (AvgIpc) is 3.12. The molecule has 3 aliphatic rings. The Hall–Kier alpha value is -4.15. The highest BCUT2D eigenvalue weighted by molar-refractivity contribution is 5.83. The molecule has 6 rings (SSSR count). The summed E-state index contributed by atoms with van der Waals surface area (Å²) in [5.74, 6) is 2.71. The predicted octanol–water partition coefficient (Wildman–Crippen LogP) is 7.05. The lowest BCUT2D eigenvalue weighted by Crippen LogP contribution is -2.39. The molecule has 0 aromatic heterocycles. The summed E-state index contributed by atoms with van der Waals surface area (Å²) in [6.07, 6.45) is 7.67. The summed E-state index contributed by atoms with van der Waals surface area (Å²) in [4.78, 5) is 4.16. The Morgan fingerprint density at radius 2 is 1.81 bits per heavy atom. The van der Waals surface area contributed by atoms with E-state index in [-0.39, 0.29) is 42.2 Å². The van der Waals surface area contributed by atoms with Gasteiger partial charge < -0.3 is 46.1 Å². The number of phenolic OH excluding ortho intramolecular Hbond substituents is 2. The first-order valence-electron chi connectivity index (χ1n) is 19.6. The van der Waals surface area contributed by atoms with E-state index in [9.17, 15) is 20.4 Å². The maximum Gasteiger partial charge on any atom is 0.185 e. The van der Waals surface area contributed by atoms with Crippen LogP contribution in [0.3, 0.4) is 0 Å². The lowest BCUT2D eigenvalue weighted by Gasteiger charge is -2.38. The van der Waals surface area contributed by atoms with Crippen LogP contribution in [0.5, 0.6) is 28.7 Å². The molecule has 6 atom stereocenters. The number of aromatic hydroxyl groups is 2. The fraction of sp³-hybridized carbons (Fsp3) is 0.558. The van der Waals surface area contributed by atoms with Gasteiger partial charge in [0.2, 0.25) is 0 Å². The third-order valence-corrected chi connectivity index (χ3v) is 11.6. The second-order valence-electron chi connectivity index (χ2n) is 15.8. The molecule has 1 heterocycles. The zero-order chi connectivity index (χ0) is 37.8. The van der Waals surface area contributed by atoms with Gasteiger partial charge in [0, 0.05) is 42.7 Å². The van der Waals surface area contributed by atoms with Crippen molar-refractivity contribution in [2.45, 2.75) is 116 Å². The Kier molecular flexibility index (Phi) is 12.3. The van der Waals surface area contributed by atoms with Crippen molar-refractivity contribution in [1.29, 1.82) is 0 Å². The second kappa shape index (κ2) is 16.9. The Morgan fingerprint density at radius 3 is 2.53 bits per heavy atom. The lowest BCUT2D eigenvalue weighted by atomic mass is 9.72. The molecule has 10 heteroatoms. The molecule has 10 nitrogen and oxygen atoms in total. The summed E-state index contributed by atoms with van der Waals surface area (Å²) in [7, 11) is 1.69. The van der Waals surface area contributed by atoms with Gasteiger partial charge in [-0.3, -0.25) is 4.99 Å². The number of guanidine groups is 1. The number of fused-ring (bicyclic) bond motifs is 5. The molecule has 1 fully saturated rings. The number of aliphatic imine (C=N–C) groups is 1. The van der Waals surface area contributed by atoms with Gasteiger partial charge in [0.25, 0.3) is 0 Å². The van der Waals surface area contributed by atoms with Gasteiger partial charge in [-0.25, -0.2) is 0 Å². The van der Waals surface area contributed by atoms with Crippen molar-refractivity contribution in [2.75, 3.05) is 20.3 Å². The minimum absolute atomic E-state index is 0.000688. The van der Waals surface area contributed by atoms with Gasteiger partial charge in [-0.2, -0.15) is 0 Å². The van der Waals surface area contributed by atoms with E-state index in [0.717, 1.165) is 85.6 Å². The van der Waals surface area contributed by atoms with Crippen LogP contribution in [0.2, 0.25) is 0 Å². The molecule has 2 aliphatic carbocycles. The Balaban J connectivity index is 1.34. The monoisotopic (exact) mass is 729 g/mol. The molecule has 0 amide bonds. The number of benzene rings is 3. The van der Waals surface area contributed by atoms with Gasteiger partial charge >= 0.3 is 0 Å². The van der Waals surface area contributed by atoms with Crippen LogP contribution in [-0.2, 0) is 19.3 Å². The first-order valence-corrected chi connectivity index (χ1v) is 19.6. The third kappa shape index (κ3) is 8.34. The van der Waals surface area contributed by atoms with Crippen molar-refractivity contribution in [1.82, 2.24) is 0 Å². The molecule has 1 aliphatic heterocycles. The molecule has 0 bridgehead atoms. The molecular formula is C43H59N3O7. The van der Waals surface area contributed by atoms with Crippen molar-refractivity contribution in [2.24, 2.45) is 34.2 Å². The van der Waals surface area contributed by atoms with E-state index in [2.05, 4.69) is 31.8 Å². The van der Waals surface area contributed by atoms with Crippen molar-refractivity contribution >= 4 is 5.96 Å². The number of methoxy groups -OCH3 is 1. The lowest BCUT2D eigenvalue weighted by molar-refractivity contribution is 0.0169. The van der Waals surface area contributed by atoms with Crippen LogP contribution in [0, 0.1) is 17.8 Å². The summed E-state index contributed by atoms with van der Waals surface area (Å²) in [5.41, 5.74) is 18.2. The SMILES string of the molecule is CCCCC[C@H]1Cc2cc(O)c(CC(C)C)cc2-c2c(OC)cc3c(c21)C[C@@H](O)[C@H](c1ccc(O)c(O[C@H]2CCC[C@@H](CO)[C@@H]2CCN=C(N)N)c1)O3. The van der Waals surface area contributed by atoms with E-state index in [4.69, 9.17) is 25.7 Å². The van der Waals surface area contributed by atoms with E-state index in [1.54, 1.807) is 25.3 Å². The van der Waals surface area contributed by atoms with Crippen LogP contribution in [0.1, 0.15) is 112 Å². The van der Waals surface area contributed by atoms with Crippen molar-refractivity contribution in [3.05, 3.63) is 64.2 Å². The van der Waals surface area contributed by atoms with Crippen molar-refractivity contribution < 1.29 is 34.6 Å². The Bertz CT molecular complexity index is 1770. The number of nitrogens with two attached hydrogens (primary N) is 2. The minimum Gasteiger partial charge on any atom is -0.508 e. The summed E-state index contributed by atoms with van der Waals surface area (Å²) in [6, 6.07) is 11.2. The fourth-order valence-corrected chi connectivity index (χ4v) is 9.07. The maximum absolute atomic E-state index is 11.9. The molecule has 53 heavy (non-hydrogen) atoms. The summed E-state index contributed by atoms with van der Waals surface area (Å²) >= 11 is 0. The molecule has 0 unspecified atom stereocenters. The summed E-state index contributed by atoms with van der Waals surface area (Å²) in [6.45, 7) is 6.99. The zero-order valence-electron chi connectivity index (χ0n) is 31.8. The predicted molar refractivity (Wildman–Crippen MR) is 208 cm³/mol. The van der Waals surface area contributed by atoms with E-state index in [1.807, 2.05) is 12.1 Å². The zero-order valence-corrected chi connectivity index (χ0v) is 31.8. The fourth-order valence-electron chi connectivity index (χ4n) is 9.07. The average molecular weight is 730 g/mol. The number of aliphatic hydroxyl groups is 2. The van der Waals surface area contributed by atoms with Crippen molar-refractivity contribution in [3.63, 3.8) is 0 Å². The van der Waals surface area contributed by atoms with Gasteiger partial charge in [-0.1, -0.05) is 46.1 Å². The molecular weight excluding hydrogens is 670 g/mol. The standard InChI is InChI=1S/C43H59N3O7/c1-5-6-7-9-25-17-28-19-34(49)29(16-24(2)3)18-31(28)41-39(51-4)22-37-32(40(25)41)21-35(50)42(53-37)26-12-13-33(48)38(20-26)52-36-11-8-10-27(23-47)30(36)14-15-46-43(44)45/h12-13,18-20,22,24-25,27,30,35-36,42,47-50H,5-11,14-17,21,23H2,1-4H3,(H4,44,45,46)/t25-,27-,30-,35+,36-,42-/m0/s1. The summed E-state index contributed by atoms with van der Waals surface area (Å²) < 4.78 is 19.4. The summed E-state index contributed by atoms with van der Waals surface area (Å²) in [5, 5.41) is 44.0. The first-order chi connectivity index (χ1) is 25.5. The van der Waals surface area contributed by atoms with Crippen LogP contribution in [-0.4, -0.2) is 58.9 Å². The molecule has 288 valence electrons. The van der Waals surface area contributed by atoms with Gasteiger partial charge in [0.1, 0.15) is 29.5 Å². The van der Waals surface area contributed by atoms with Gasteiger partial charge in [-0.05, 0) is 115 Å². The van der Waals surface area contributed by atoms with E-state index in [1.165, 1.54) is 5.56 Å². The Labute approximate surface area is 314 Å². The number of unbranched alkanes of at least 4 members (excludes halogenated alkanes) is 2. The number of rotatable bonds is 14. The van der Waals surface area contributed by atoms with Gasteiger partial charge in [-0.15, -0.1) is 0 Å². The van der Waals surface area contributed by atoms with E-state index < -0.39 is 12.2 Å². The largest absolute Gasteiger partial charge is 0.508 e. The molecule has 0 spiro atoms. The van der Waals surface area contributed by atoms with Crippen LogP contribution < -0.4 is 25.7 Å². The van der Waals surface area contributed by atoms with Crippen molar-refractivity contribution in [3.8, 4) is 39.9 Å². The highest BCUT2D eigenvalue weighted by Crippen LogP contribution is 2.54. The van der Waals surface area contributed by atoms with Gasteiger partial charge in [0.15, 0.2) is 17.5 Å². The second-order valence-corrected chi connectivity index (χ2v) is 15.8. The van der Waals surface area contributed by atoms with Crippen LogP contribution in [0.25, 0.3) is 11.1 Å². The molecule has 3 aromatic carbocycles. The first kappa shape index (κ1) is 38.6. The third-order valence-electron chi connectivity index (χ3n) is 11.6. The van der Waals surface area contributed by atoms with Crippen LogP contribution in [0.4, 0.5) is 0 Å². The van der Waals surface area contributed by atoms with Crippen LogP contribution in [0.15, 0.2) is 41.4 Å². The number of aliphatic hydroxyl groups excluding tert-OH is 2. The molecule has 3 aromatic rings. The van der Waals surface area contributed by atoms with E-state index in [0.29, 0.717) is 53.9 Å². The molecule has 8 N–H and O–H groups in total. The topological polar surface area (TPSA) is 173 Å². The number of ether oxygens (including phenoxy) is 3. The molecule has 0 saturated heterocycles. The Morgan fingerprint density at radius 1 is 1.00 bits per heavy atom. The van der Waals surface area contributed by atoms with Crippen LogP contribution >= 0.6 is 0 Å². The quantitative estimate of drug-likeness (QED) is 0.0578. The van der Waals surface area contributed by atoms with E-state index >= 15 is 0 Å². The smallest absolute Gasteiger partial charge is 0.185 e. The number of hydrogen-bond donors (Lipinski definition) is 6. The van der Waals surface area contributed by atoms with Gasteiger partial charge in [0.05, 0.1) is 13.2 Å². The minimum atomic E-state index is -0.854. The molecule has 1 saturated carbocycles. The number of nitrogens with zero attached hydrogens (tertiary/aromatic N) is 1. The number of phenols is 2.